The van der Waals surface area contributed by atoms with Crippen molar-refractivity contribution >= 4 is 5.97 Å². The Bertz CT molecular complexity index is 388. The molecule has 19 heavy (non-hydrogen) atoms. The Morgan fingerprint density at radius 2 is 2.11 bits per heavy atom. The number of carboxylic acids is 1. The Morgan fingerprint density at radius 1 is 1.37 bits per heavy atom. The zero-order valence-corrected chi connectivity index (χ0v) is 12.1. The summed E-state index contributed by atoms with van der Waals surface area (Å²) >= 11 is 0. The lowest BCUT2D eigenvalue weighted by Crippen LogP contribution is -2.31. The molecule has 0 saturated carbocycles. The van der Waals surface area contributed by atoms with Crippen LogP contribution in [0.5, 0.6) is 0 Å². The number of aromatic carboxylic acids is 1. The van der Waals surface area contributed by atoms with E-state index >= 15 is 0 Å². The van der Waals surface area contributed by atoms with Crippen LogP contribution in [0.4, 0.5) is 0 Å². The van der Waals surface area contributed by atoms with Crippen LogP contribution in [0.3, 0.4) is 0 Å². The third kappa shape index (κ3) is 5.39. The first-order valence-corrected chi connectivity index (χ1v) is 6.96. The molecular formula is C15H24N2O2. The Hall–Kier alpha value is -1.42. The molecular weight excluding hydrogens is 240 g/mol. The Labute approximate surface area is 115 Å². The maximum atomic E-state index is 10.8. The maximum absolute atomic E-state index is 10.8. The topological polar surface area (TPSA) is 53.4 Å². The van der Waals surface area contributed by atoms with Crippen LogP contribution in [-0.4, -0.2) is 33.5 Å². The van der Waals surface area contributed by atoms with E-state index in [1.807, 2.05) is 0 Å². The molecule has 0 bridgehead atoms. The van der Waals surface area contributed by atoms with Crippen molar-refractivity contribution < 1.29 is 9.90 Å². The van der Waals surface area contributed by atoms with Crippen molar-refractivity contribution in [2.24, 2.45) is 0 Å². The molecule has 1 rings (SSSR count). The summed E-state index contributed by atoms with van der Waals surface area (Å²) in [5.74, 6) is -0.928. The first-order chi connectivity index (χ1) is 9.04. The van der Waals surface area contributed by atoms with E-state index < -0.39 is 5.97 Å². The number of rotatable bonds is 8. The number of carboxylic acid groups (broad SMARTS) is 1. The number of unbranched alkanes of at least 4 members (excludes halogenated alkanes) is 2. The van der Waals surface area contributed by atoms with Gasteiger partial charge >= 0.3 is 5.97 Å². The highest BCUT2D eigenvalue weighted by Crippen LogP contribution is 2.09. The minimum absolute atomic E-state index is 0.242. The fraction of sp³-hybridized carbons (Fsp3) is 0.600. The van der Waals surface area contributed by atoms with Crippen LogP contribution < -0.4 is 0 Å². The lowest BCUT2D eigenvalue weighted by atomic mass is 10.2. The van der Waals surface area contributed by atoms with Gasteiger partial charge in [0.2, 0.25) is 0 Å². The minimum Gasteiger partial charge on any atom is -0.478 e. The van der Waals surface area contributed by atoms with Crippen LogP contribution in [-0.2, 0) is 6.54 Å². The molecule has 0 unspecified atom stereocenters. The zero-order chi connectivity index (χ0) is 14.3. The molecule has 0 amide bonds. The first-order valence-electron chi connectivity index (χ1n) is 6.96. The lowest BCUT2D eigenvalue weighted by Gasteiger charge is -2.26. The third-order valence-corrected chi connectivity index (χ3v) is 3.22. The normalized spacial score (nSPS) is 11.2. The molecule has 4 heteroatoms. The van der Waals surface area contributed by atoms with Crippen LogP contribution in [0.15, 0.2) is 18.3 Å². The number of pyridine rings is 1. The van der Waals surface area contributed by atoms with Crippen LogP contribution in [0, 0.1) is 0 Å². The van der Waals surface area contributed by atoms with Crippen molar-refractivity contribution in [2.75, 3.05) is 6.54 Å². The number of hydrogen-bond donors (Lipinski definition) is 1. The van der Waals surface area contributed by atoms with Crippen molar-refractivity contribution in [1.82, 2.24) is 9.88 Å². The first kappa shape index (κ1) is 15.6. The van der Waals surface area contributed by atoms with E-state index in [-0.39, 0.29) is 5.56 Å². The van der Waals surface area contributed by atoms with Crippen LogP contribution in [0.1, 0.15) is 56.1 Å². The van der Waals surface area contributed by atoms with E-state index in [1.54, 1.807) is 12.1 Å². The van der Waals surface area contributed by atoms with Crippen molar-refractivity contribution in [1.29, 1.82) is 0 Å². The summed E-state index contributed by atoms with van der Waals surface area (Å²) < 4.78 is 0. The van der Waals surface area contributed by atoms with E-state index in [2.05, 4.69) is 30.7 Å². The summed E-state index contributed by atoms with van der Waals surface area (Å²) in [7, 11) is 0. The Balaban J connectivity index is 2.60. The van der Waals surface area contributed by atoms with Crippen molar-refractivity contribution in [3.05, 3.63) is 29.6 Å². The van der Waals surface area contributed by atoms with Gasteiger partial charge in [-0.15, -0.1) is 0 Å². The Kier molecular flexibility index (Phi) is 6.50. The van der Waals surface area contributed by atoms with E-state index in [1.165, 1.54) is 25.5 Å². The molecule has 106 valence electrons. The van der Waals surface area contributed by atoms with Gasteiger partial charge in [-0.3, -0.25) is 9.88 Å². The average molecular weight is 264 g/mol. The predicted molar refractivity (Wildman–Crippen MR) is 76.3 cm³/mol. The molecule has 0 aromatic carbocycles. The summed E-state index contributed by atoms with van der Waals surface area (Å²) in [6.07, 6.45) is 5.09. The number of nitrogens with zero attached hydrogens (tertiary/aromatic N) is 2. The molecule has 0 spiro atoms. The highest BCUT2D eigenvalue weighted by Gasteiger charge is 2.11. The minimum atomic E-state index is -0.928. The van der Waals surface area contributed by atoms with E-state index in [4.69, 9.17) is 5.11 Å². The third-order valence-electron chi connectivity index (χ3n) is 3.22. The molecule has 0 aliphatic rings. The Morgan fingerprint density at radius 3 is 2.58 bits per heavy atom. The van der Waals surface area contributed by atoms with Gasteiger partial charge in [0.15, 0.2) is 0 Å². The molecule has 1 heterocycles. The molecule has 0 aliphatic heterocycles. The average Bonchev–Trinajstić information content (AvgIpc) is 2.38. The quantitative estimate of drug-likeness (QED) is 0.733. The van der Waals surface area contributed by atoms with Gasteiger partial charge in [-0.05, 0) is 38.9 Å². The van der Waals surface area contributed by atoms with Gasteiger partial charge in [-0.25, -0.2) is 4.79 Å². The zero-order valence-electron chi connectivity index (χ0n) is 12.1. The second-order valence-electron chi connectivity index (χ2n) is 5.11. The molecule has 0 saturated heterocycles. The second kappa shape index (κ2) is 7.89. The largest absolute Gasteiger partial charge is 0.478 e. The lowest BCUT2D eigenvalue weighted by molar-refractivity contribution is 0.0696. The molecule has 4 nitrogen and oxygen atoms in total. The van der Waals surface area contributed by atoms with Crippen LogP contribution >= 0.6 is 0 Å². The van der Waals surface area contributed by atoms with Crippen LogP contribution in [0.25, 0.3) is 0 Å². The second-order valence-corrected chi connectivity index (χ2v) is 5.11. The summed E-state index contributed by atoms with van der Waals surface area (Å²) in [4.78, 5) is 17.4. The molecule has 1 aromatic heterocycles. The molecule has 0 radical (unpaired) electrons. The van der Waals surface area contributed by atoms with Gasteiger partial charge < -0.3 is 5.11 Å². The smallest absolute Gasteiger partial charge is 0.337 e. The van der Waals surface area contributed by atoms with Gasteiger partial charge in [-0.2, -0.15) is 0 Å². The molecule has 0 aliphatic carbocycles. The van der Waals surface area contributed by atoms with Crippen LogP contribution in [0.2, 0.25) is 0 Å². The molecule has 1 aromatic rings. The summed E-state index contributed by atoms with van der Waals surface area (Å²) in [5, 5.41) is 8.84. The number of aromatic nitrogens is 1. The molecule has 0 fully saturated rings. The standard InChI is InChI=1S/C15H24N2O2/c1-4-5-6-9-17(12(2)3)11-14-8-7-13(10-16-14)15(18)19/h7-8,10,12H,4-6,9,11H2,1-3H3,(H,18,19). The highest BCUT2D eigenvalue weighted by atomic mass is 16.4. The van der Waals surface area contributed by atoms with Gasteiger partial charge in [-0.1, -0.05) is 19.8 Å². The van der Waals surface area contributed by atoms with Gasteiger partial charge in [0.1, 0.15) is 0 Å². The van der Waals surface area contributed by atoms with Crippen molar-refractivity contribution in [3.8, 4) is 0 Å². The highest BCUT2D eigenvalue weighted by molar-refractivity contribution is 5.87. The molecule has 0 atom stereocenters. The summed E-state index contributed by atoms with van der Waals surface area (Å²) in [6, 6.07) is 3.89. The fourth-order valence-electron chi connectivity index (χ4n) is 1.94. The van der Waals surface area contributed by atoms with Gasteiger partial charge in [0.25, 0.3) is 0 Å². The predicted octanol–water partition coefficient (Wildman–Crippen LogP) is 3.18. The molecule has 1 N–H and O–H groups in total. The van der Waals surface area contributed by atoms with Gasteiger partial charge in [0.05, 0.1) is 11.3 Å². The SMILES string of the molecule is CCCCCN(Cc1ccc(C(=O)O)cn1)C(C)C. The van der Waals surface area contributed by atoms with Gasteiger partial charge in [0, 0.05) is 18.8 Å². The number of carbonyl (C=O) groups is 1. The van der Waals surface area contributed by atoms with Crippen molar-refractivity contribution in [2.45, 2.75) is 52.6 Å². The number of hydrogen-bond acceptors (Lipinski definition) is 3. The fourth-order valence-corrected chi connectivity index (χ4v) is 1.94. The van der Waals surface area contributed by atoms with E-state index in [9.17, 15) is 4.79 Å². The summed E-state index contributed by atoms with van der Waals surface area (Å²) in [6.45, 7) is 8.40. The monoisotopic (exact) mass is 264 g/mol. The summed E-state index contributed by atoms with van der Waals surface area (Å²) in [5.41, 5.74) is 1.17. The van der Waals surface area contributed by atoms with Crippen molar-refractivity contribution in [3.63, 3.8) is 0 Å². The van der Waals surface area contributed by atoms with E-state index in [0.717, 1.165) is 18.8 Å². The maximum Gasteiger partial charge on any atom is 0.337 e. The van der Waals surface area contributed by atoms with E-state index in [0.29, 0.717) is 6.04 Å².